The van der Waals surface area contributed by atoms with Crippen LogP contribution in [0.3, 0.4) is 0 Å². The van der Waals surface area contributed by atoms with Crippen LogP contribution in [0.5, 0.6) is 0 Å². The minimum absolute atomic E-state index is 0.273. The quantitative estimate of drug-likeness (QED) is 0.515. The highest BCUT2D eigenvalue weighted by Crippen LogP contribution is 2.26. The molecule has 1 N–H and O–H groups in total. The van der Waals surface area contributed by atoms with E-state index in [0.29, 0.717) is 0 Å². The second-order valence-electron chi connectivity index (χ2n) is 3.22. The molecule has 0 aliphatic carbocycles. The molecule has 3 nitrogen and oxygen atoms in total. The van der Waals surface area contributed by atoms with Crippen LogP contribution in [0.4, 0.5) is 5.82 Å². The molecule has 0 aromatic carbocycles. The van der Waals surface area contributed by atoms with Gasteiger partial charge in [0.05, 0.1) is 5.39 Å². The first-order chi connectivity index (χ1) is 7.81. The van der Waals surface area contributed by atoms with Gasteiger partial charge in [-0.05, 0) is 29.5 Å². The van der Waals surface area contributed by atoms with Crippen LogP contribution in [0.2, 0.25) is 5.28 Å². The van der Waals surface area contributed by atoms with E-state index in [2.05, 4.69) is 21.2 Å². The van der Waals surface area contributed by atoms with E-state index in [1.165, 1.54) is 0 Å². The van der Waals surface area contributed by atoms with Gasteiger partial charge in [-0.2, -0.15) is 0 Å². The molecular weight excluding hydrogens is 242 g/mol. The number of aromatic nitrogens is 2. The Bertz CT molecular complexity index is 529. The molecule has 0 bridgehead atoms. The van der Waals surface area contributed by atoms with Crippen molar-refractivity contribution in [2.45, 2.75) is 12.8 Å². The number of hydrogen-bond acceptors (Lipinski definition) is 4. The van der Waals surface area contributed by atoms with E-state index in [0.717, 1.165) is 35.4 Å². The van der Waals surface area contributed by atoms with Gasteiger partial charge in [-0.25, -0.2) is 9.97 Å². The zero-order chi connectivity index (χ0) is 11.4. The molecule has 5 heteroatoms. The van der Waals surface area contributed by atoms with Gasteiger partial charge in [-0.15, -0.1) is 23.7 Å². The highest BCUT2D eigenvalue weighted by Gasteiger charge is 2.06. The number of halogens is 1. The highest BCUT2D eigenvalue weighted by molar-refractivity contribution is 7.16. The van der Waals surface area contributed by atoms with Crippen molar-refractivity contribution in [3.63, 3.8) is 0 Å². The van der Waals surface area contributed by atoms with Gasteiger partial charge in [-0.3, -0.25) is 0 Å². The lowest BCUT2D eigenvalue weighted by Gasteiger charge is -2.05. The molecule has 0 aliphatic heterocycles. The minimum atomic E-state index is 0.273. The number of rotatable bonds is 4. The zero-order valence-corrected chi connectivity index (χ0v) is 10.1. The Balaban J connectivity index is 2.16. The number of terminal acetylenes is 1. The third kappa shape index (κ3) is 2.43. The molecule has 0 amide bonds. The molecule has 0 saturated heterocycles. The van der Waals surface area contributed by atoms with Gasteiger partial charge in [0.1, 0.15) is 10.6 Å². The fraction of sp³-hybridized carbons (Fsp3) is 0.273. The van der Waals surface area contributed by atoms with Crippen molar-refractivity contribution in [1.29, 1.82) is 0 Å². The van der Waals surface area contributed by atoms with Crippen LogP contribution in [-0.4, -0.2) is 16.5 Å². The molecular formula is C11H10ClN3S. The summed E-state index contributed by atoms with van der Waals surface area (Å²) in [5.74, 6) is 3.39. The van der Waals surface area contributed by atoms with Crippen molar-refractivity contribution in [3.8, 4) is 12.3 Å². The third-order valence-electron chi connectivity index (χ3n) is 2.09. The molecule has 2 aromatic heterocycles. The Morgan fingerprint density at radius 2 is 2.38 bits per heavy atom. The molecule has 0 atom stereocenters. The lowest BCUT2D eigenvalue weighted by Crippen LogP contribution is -2.03. The maximum atomic E-state index is 5.83. The molecule has 0 fully saturated rings. The SMILES string of the molecule is C#CCCCNc1nc(Cl)nc2sccc12. The summed E-state index contributed by atoms with van der Waals surface area (Å²) in [7, 11) is 0. The molecule has 0 unspecified atom stereocenters. The number of unbranched alkanes of at least 4 members (excludes halogenated alkanes) is 1. The maximum absolute atomic E-state index is 5.83. The van der Waals surface area contributed by atoms with Crippen LogP contribution in [0.25, 0.3) is 10.2 Å². The van der Waals surface area contributed by atoms with Crippen LogP contribution in [-0.2, 0) is 0 Å². The molecule has 2 heterocycles. The summed E-state index contributed by atoms with van der Waals surface area (Å²) in [6.07, 6.45) is 6.87. The van der Waals surface area contributed by atoms with Gasteiger partial charge in [0, 0.05) is 13.0 Å². The maximum Gasteiger partial charge on any atom is 0.225 e. The van der Waals surface area contributed by atoms with E-state index in [1.54, 1.807) is 11.3 Å². The molecule has 0 saturated carbocycles. The lowest BCUT2D eigenvalue weighted by molar-refractivity contribution is 0.902. The predicted molar refractivity (Wildman–Crippen MR) is 69.0 cm³/mol. The molecule has 0 radical (unpaired) electrons. The number of nitrogens with zero attached hydrogens (tertiary/aromatic N) is 2. The molecule has 82 valence electrons. The Morgan fingerprint density at radius 1 is 1.50 bits per heavy atom. The topological polar surface area (TPSA) is 37.8 Å². The van der Waals surface area contributed by atoms with Gasteiger partial charge >= 0.3 is 0 Å². The normalized spacial score (nSPS) is 10.2. The van der Waals surface area contributed by atoms with Gasteiger partial charge in [0.2, 0.25) is 5.28 Å². The predicted octanol–water partition coefficient (Wildman–Crippen LogP) is 3.17. The van der Waals surface area contributed by atoms with Crippen molar-refractivity contribution in [2.75, 3.05) is 11.9 Å². The first-order valence-electron chi connectivity index (χ1n) is 4.89. The minimum Gasteiger partial charge on any atom is -0.369 e. The van der Waals surface area contributed by atoms with E-state index in [4.69, 9.17) is 18.0 Å². The fourth-order valence-electron chi connectivity index (χ4n) is 1.36. The summed E-state index contributed by atoms with van der Waals surface area (Å²) >= 11 is 7.38. The van der Waals surface area contributed by atoms with Crippen LogP contribution in [0.1, 0.15) is 12.8 Å². The van der Waals surface area contributed by atoms with Crippen LogP contribution in [0.15, 0.2) is 11.4 Å². The summed E-state index contributed by atoms with van der Waals surface area (Å²) < 4.78 is 0. The number of thiophene rings is 1. The largest absolute Gasteiger partial charge is 0.369 e. The van der Waals surface area contributed by atoms with E-state index in [9.17, 15) is 0 Å². The van der Waals surface area contributed by atoms with Crippen molar-refractivity contribution in [2.24, 2.45) is 0 Å². The van der Waals surface area contributed by atoms with Crippen molar-refractivity contribution >= 4 is 39.0 Å². The first-order valence-corrected chi connectivity index (χ1v) is 6.15. The Morgan fingerprint density at radius 3 is 3.19 bits per heavy atom. The second-order valence-corrected chi connectivity index (χ2v) is 4.45. The second kappa shape index (κ2) is 5.15. The van der Waals surface area contributed by atoms with Crippen molar-refractivity contribution < 1.29 is 0 Å². The number of fused-ring (bicyclic) bond motifs is 1. The van der Waals surface area contributed by atoms with E-state index < -0.39 is 0 Å². The van der Waals surface area contributed by atoms with Crippen LogP contribution < -0.4 is 5.32 Å². The average Bonchev–Trinajstić information content (AvgIpc) is 2.72. The monoisotopic (exact) mass is 251 g/mol. The first kappa shape index (κ1) is 11.2. The van der Waals surface area contributed by atoms with E-state index >= 15 is 0 Å². The highest BCUT2D eigenvalue weighted by atomic mass is 35.5. The fourth-order valence-corrected chi connectivity index (χ4v) is 2.34. The summed E-state index contributed by atoms with van der Waals surface area (Å²) in [4.78, 5) is 9.21. The van der Waals surface area contributed by atoms with E-state index in [1.807, 2.05) is 11.4 Å². The Hall–Kier alpha value is -1.31. The molecule has 0 aliphatic rings. The molecule has 2 rings (SSSR count). The van der Waals surface area contributed by atoms with Crippen LogP contribution >= 0.6 is 22.9 Å². The van der Waals surface area contributed by atoms with Gasteiger partial charge < -0.3 is 5.32 Å². The Kier molecular flexibility index (Phi) is 3.60. The number of nitrogens with one attached hydrogen (secondary N) is 1. The van der Waals surface area contributed by atoms with Crippen molar-refractivity contribution in [1.82, 2.24) is 9.97 Å². The van der Waals surface area contributed by atoms with Gasteiger partial charge in [0.15, 0.2) is 0 Å². The van der Waals surface area contributed by atoms with E-state index in [-0.39, 0.29) is 5.28 Å². The van der Waals surface area contributed by atoms with Crippen LogP contribution in [0, 0.1) is 12.3 Å². The molecule has 0 spiro atoms. The summed E-state index contributed by atoms with van der Waals surface area (Å²) in [6, 6.07) is 1.99. The summed E-state index contributed by atoms with van der Waals surface area (Å²) in [6.45, 7) is 0.794. The summed E-state index contributed by atoms with van der Waals surface area (Å²) in [5.41, 5.74) is 0. The smallest absolute Gasteiger partial charge is 0.225 e. The Labute approximate surface area is 103 Å². The average molecular weight is 252 g/mol. The molecule has 2 aromatic rings. The molecule has 16 heavy (non-hydrogen) atoms. The van der Waals surface area contributed by atoms with Gasteiger partial charge in [0.25, 0.3) is 0 Å². The van der Waals surface area contributed by atoms with Gasteiger partial charge in [-0.1, -0.05) is 0 Å². The lowest BCUT2D eigenvalue weighted by atomic mass is 10.3. The standard InChI is InChI=1S/C11H10ClN3S/c1-2-3-4-6-13-9-8-5-7-16-10(8)15-11(12)14-9/h1,5,7H,3-4,6H2,(H,13,14,15). The number of anilines is 1. The zero-order valence-electron chi connectivity index (χ0n) is 8.53. The summed E-state index contributed by atoms with van der Waals surface area (Å²) in [5, 5.41) is 6.48. The third-order valence-corrected chi connectivity index (χ3v) is 3.06. The number of hydrogen-bond donors (Lipinski definition) is 1. The van der Waals surface area contributed by atoms with Crippen molar-refractivity contribution in [3.05, 3.63) is 16.7 Å².